The summed E-state index contributed by atoms with van der Waals surface area (Å²) < 4.78 is 34.4. The second kappa shape index (κ2) is 10.2. The van der Waals surface area contributed by atoms with E-state index in [1.807, 2.05) is 30.3 Å². The maximum Gasteiger partial charge on any atom is 0.257 e. The number of hydrogen-bond acceptors (Lipinski definition) is 4. The third kappa shape index (κ3) is 5.99. The molecule has 1 saturated heterocycles. The van der Waals surface area contributed by atoms with Crippen molar-refractivity contribution in [3.8, 4) is 5.75 Å². The van der Waals surface area contributed by atoms with Crippen LogP contribution in [0.15, 0.2) is 72.9 Å². The Balaban J connectivity index is 1.50. The average Bonchev–Trinajstić information content (AvgIpc) is 2.82. The Hall–Kier alpha value is -3.19. The number of benzene rings is 2. The second-order valence-corrected chi connectivity index (χ2v) is 8.41. The van der Waals surface area contributed by atoms with E-state index in [9.17, 15) is 13.6 Å². The molecule has 33 heavy (non-hydrogen) atoms. The fourth-order valence-electron chi connectivity index (χ4n) is 3.84. The number of carbonyl (C=O) groups excluding carboxylic acids is 1. The maximum atomic E-state index is 14.2. The van der Waals surface area contributed by atoms with Crippen molar-refractivity contribution in [2.75, 3.05) is 18.4 Å². The van der Waals surface area contributed by atoms with Crippen LogP contribution in [0.1, 0.15) is 28.8 Å². The van der Waals surface area contributed by atoms with Gasteiger partial charge in [-0.15, -0.1) is 0 Å². The number of nitrogens with zero attached hydrogens (tertiary/aromatic N) is 2. The van der Waals surface area contributed by atoms with E-state index < -0.39 is 18.4 Å². The highest BCUT2D eigenvalue weighted by Gasteiger charge is 2.42. The molecule has 1 N–H and O–H groups in total. The zero-order valence-corrected chi connectivity index (χ0v) is 18.6. The number of ether oxygens (including phenoxy) is 1. The number of rotatable bonds is 7. The highest BCUT2D eigenvalue weighted by molar-refractivity contribution is 6.30. The van der Waals surface area contributed by atoms with E-state index in [0.29, 0.717) is 28.8 Å². The Morgan fingerprint density at radius 1 is 1.12 bits per heavy atom. The Morgan fingerprint density at radius 3 is 2.64 bits per heavy atom. The molecular weight excluding hydrogens is 448 g/mol. The van der Waals surface area contributed by atoms with Crippen LogP contribution in [0.2, 0.25) is 5.02 Å². The number of amides is 1. The van der Waals surface area contributed by atoms with Crippen LogP contribution in [0.5, 0.6) is 5.75 Å². The Labute approximate surface area is 196 Å². The summed E-state index contributed by atoms with van der Waals surface area (Å²) >= 11 is 5.86. The van der Waals surface area contributed by atoms with Gasteiger partial charge in [0.15, 0.2) is 0 Å². The highest BCUT2D eigenvalue weighted by Crippen LogP contribution is 2.34. The van der Waals surface area contributed by atoms with Gasteiger partial charge in [0.1, 0.15) is 18.2 Å². The molecule has 0 saturated carbocycles. The lowest BCUT2D eigenvalue weighted by Crippen LogP contribution is -2.52. The third-order valence-electron chi connectivity index (χ3n) is 5.56. The van der Waals surface area contributed by atoms with Crippen LogP contribution in [0.25, 0.3) is 0 Å². The molecule has 0 spiro atoms. The number of likely N-dealkylation sites (tertiary alicyclic amines) is 1. The zero-order valence-electron chi connectivity index (χ0n) is 17.9. The molecule has 4 rings (SSSR count). The number of piperidine rings is 1. The van der Waals surface area contributed by atoms with E-state index in [1.165, 1.54) is 11.1 Å². The maximum absolute atomic E-state index is 14.2. The van der Waals surface area contributed by atoms with E-state index in [-0.39, 0.29) is 25.4 Å². The number of hydrogen-bond donors (Lipinski definition) is 1. The summed E-state index contributed by atoms with van der Waals surface area (Å²) in [7, 11) is 0. The van der Waals surface area contributed by atoms with Crippen LogP contribution in [-0.2, 0) is 6.61 Å². The average molecular weight is 472 g/mol. The number of pyridine rings is 1. The lowest BCUT2D eigenvalue weighted by atomic mass is 9.97. The van der Waals surface area contributed by atoms with Crippen molar-refractivity contribution >= 4 is 23.3 Å². The van der Waals surface area contributed by atoms with Gasteiger partial charge in [-0.1, -0.05) is 54.1 Å². The van der Waals surface area contributed by atoms with Crippen molar-refractivity contribution in [1.29, 1.82) is 0 Å². The van der Waals surface area contributed by atoms with E-state index in [2.05, 4.69) is 10.3 Å². The van der Waals surface area contributed by atoms with Crippen LogP contribution in [-0.4, -0.2) is 40.8 Å². The van der Waals surface area contributed by atoms with Gasteiger partial charge in [0.05, 0.1) is 16.6 Å². The van der Waals surface area contributed by atoms with Crippen LogP contribution >= 0.6 is 11.6 Å². The van der Waals surface area contributed by atoms with Crippen LogP contribution in [0.4, 0.5) is 14.6 Å². The van der Waals surface area contributed by atoms with Gasteiger partial charge in [-0.25, -0.2) is 13.8 Å². The van der Waals surface area contributed by atoms with Gasteiger partial charge in [-0.3, -0.25) is 4.79 Å². The number of halogens is 3. The molecule has 0 radical (unpaired) electrons. The number of aromatic nitrogens is 1. The molecular formula is C25H24ClF2N3O2. The molecule has 1 aromatic heterocycles. The molecule has 1 aliphatic rings. The number of para-hydroxylation sites is 1. The summed E-state index contributed by atoms with van der Waals surface area (Å²) in [6, 6.07) is 19.2. The van der Waals surface area contributed by atoms with Crippen LogP contribution in [0, 0.1) is 0 Å². The molecule has 1 unspecified atom stereocenters. The van der Waals surface area contributed by atoms with Gasteiger partial charge >= 0.3 is 0 Å². The van der Waals surface area contributed by atoms with Crippen LogP contribution < -0.4 is 10.1 Å². The first-order valence-corrected chi connectivity index (χ1v) is 11.1. The number of anilines is 1. The zero-order chi connectivity index (χ0) is 23.3. The highest BCUT2D eigenvalue weighted by atomic mass is 35.5. The van der Waals surface area contributed by atoms with Crippen molar-refractivity contribution in [3.63, 3.8) is 0 Å². The molecule has 1 amide bonds. The summed E-state index contributed by atoms with van der Waals surface area (Å²) in [5.41, 5.74) is 1.32. The second-order valence-electron chi connectivity index (χ2n) is 7.98. The number of alkyl halides is 2. The normalized spacial score (nSPS) is 17.4. The van der Waals surface area contributed by atoms with E-state index in [1.54, 1.807) is 36.4 Å². The quantitative estimate of drug-likeness (QED) is 0.482. The van der Waals surface area contributed by atoms with Gasteiger partial charge in [0.2, 0.25) is 0 Å². The number of nitrogens with one attached hydrogen (secondary N) is 1. The lowest BCUT2D eigenvalue weighted by Gasteiger charge is -2.39. The molecule has 0 aliphatic carbocycles. The van der Waals surface area contributed by atoms with Gasteiger partial charge < -0.3 is 15.0 Å². The molecule has 0 bridgehead atoms. The molecule has 1 atom stereocenters. The molecule has 1 aliphatic heterocycles. The first-order chi connectivity index (χ1) is 15.9. The van der Waals surface area contributed by atoms with E-state index in [0.717, 1.165) is 5.56 Å². The molecule has 8 heteroatoms. The van der Waals surface area contributed by atoms with Crippen LogP contribution in [0.3, 0.4) is 0 Å². The first kappa shape index (κ1) is 23.0. The summed E-state index contributed by atoms with van der Waals surface area (Å²) in [6.07, 6.45) is 0.677. The minimum atomic E-state index is -2.83. The molecule has 3 aromatic rings. The van der Waals surface area contributed by atoms with Crippen molar-refractivity contribution in [3.05, 3.63) is 89.1 Å². The smallest absolute Gasteiger partial charge is 0.257 e. The van der Waals surface area contributed by atoms with Gasteiger partial charge in [0.25, 0.3) is 11.8 Å². The van der Waals surface area contributed by atoms with Crippen molar-refractivity contribution in [2.45, 2.75) is 31.4 Å². The van der Waals surface area contributed by atoms with Gasteiger partial charge in [-0.2, -0.15) is 0 Å². The largest absolute Gasteiger partial charge is 0.488 e. The van der Waals surface area contributed by atoms with Crippen molar-refractivity contribution < 1.29 is 18.3 Å². The van der Waals surface area contributed by atoms with Crippen molar-refractivity contribution in [2.24, 2.45) is 0 Å². The van der Waals surface area contributed by atoms with Gasteiger partial charge in [0, 0.05) is 32.1 Å². The Kier molecular flexibility index (Phi) is 7.08. The van der Waals surface area contributed by atoms with Crippen molar-refractivity contribution in [1.82, 2.24) is 9.88 Å². The summed E-state index contributed by atoms with van der Waals surface area (Å²) in [5, 5.41) is 3.53. The predicted octanol–water partition coefficient (Wildman–Crippen LogP) is 5.67. The Morgan fingerprint density at radius 2 is 1.88 bits per heavy atom. The number of carbonyl (C=O) groups is 1. The molecule has 2 aromatic carbocycles. The summed E-state index contributed by atoms with van der Waals surface area (Å²) in [6.45, 7) is 0.401. The fraction of sp³-hybridized carbons (Fsp3) is 0.280. The molecule has 1 fully saturated rings. The third-order valence-corrected chi connectivity index (χ3v) is 5.78. The first-order valence-electron chi connectivity index (χ1n) is 10.7. The summed E-state index contributed by atoms with van der Waals surface area (Å²) in [5.74, 6) is -2.23. The summed E-state index contributed by atoms with van der Waals surface area (Å²) in [4.78, 5) is 19.1. The minimum Gasteiger partial charge on any atom is -0.488 e. The molecule has 2 heterocycles. The topological polar surface area (TPSA) is 54.5 Å². The van der Waals surface area contributed by atoms with E-state index >= 15 is 0 Å². The molecule has 172 valence electrons. The minimum absolute atomic E-state index is 0.0424. The molecule has 5 nitrogen and oxygen atoms in total. The monoisotopic (exact) mass is 471 g/mol. The van der Waals surface area contributed by atoms with Gasteiger partial charge in [-0.05, 0) is 29.8 Å². The predicted molar refractivity (Wildman–Crippen MR) is 124 cm³/mol. The lowest BCUT2D eigenvalue weighted by molar-refractivity contribution is -0.0674. The SMILES string of the molecule is O=C(c1ccccc1OCc1ccccc1)N1CCC(F)(F)CC1CNc1ccc(Cl)cn1. The fourth-order valence-corrected chi connectivity index (χ4v) is 3.95. The van der Waals surface area contributed by atoms with E-state index in [4.69, 9.17) is 16.3 Å². The standard InChI is InChI=1S/C25H24ClF2N3O2/c26-19-10-11-23(29-15-19)30-16-20-14-25(27,28)12-13-31(20)24(32)21-8-4-5-9-22(21)33-17-18-6-2-1-3-7-18/h1-11,15,20H,12-14,16-17H2,(H,29,30). The Bertz CT molecular complexity index is 1080.